The number of nitrogens with zero attached hydrogens (tertiary/aromatic N) is 2. The average molecular weight is 419 g/mol. The van der Waals surface area contributed by atoms with Crippen LogP contribution in [0.4, 0.5) is 5.69 Å². The van der Waals surface area contributed by atoms with Gasteiger partial charge in [0.2, 0.25) is 0 Å². The zero-order valence-corrected chi connectivity index (χ0v) is 16.5. The molecule has 2 aliphatic heterocycles. The Kier molecular flexibility index (Phi) is 5.18. The first-order chi connectivity index (χ1) is 12.5. The van der Waals surface area contributed by atoms with Crippen molar-refractivity contribution in [3.05, 3.63) is 57.6 Å². The lowest BCUT2D eigenvalue weighted by Crippen LogP contribution is -2.35. The van der Waals surface area contributed by atoms with E-state index in [1.54, 1.807) is 0 Å². The molecule has 0 saturated carbocycles. The van der Waals surface area contributed by atoms with Gasteiger partial charge in [-0.2, -0.15) is 0 Å². The number of rotatable bonds is 5. The molecule has 0 radical (unpaired) electrons. The maximum absolute atomic E-state index is 12.1. The fourth-order valence-electron chi connectivity index (χ4n) is 2.92. The van der Waals surface area contributed by atoms with E-state index in [1.807, 2.05) is 42.3 Å². The number of carbonyl (C=O) groups excluding carboxylic acids is 1. The normalized spacial score (nSPS) is 14.0. The van der Waals surface area contributed by atoms with Crippen molar-refractivity contribution in [3.63, 3.8) is 0 Å². The molecule has 2 aliphatic rings. The molecule has 2 aromatic carbocycles. The van der Waals surface area contributed by atoms with Crippen molar-refractivity contribution in [3.8, 4) is 5.75 Å². The number of hydrogen-bond acceptors (Lipinski definition) is 6. The molecular formula is C19H19BrN2O4. The molecule has 2 bridgehead atoms. The minimum absolute atomic E-state index is 0.0272. The van der Waals surface area contributed by atoms with Crippen molar-refractivity contribution in [2.45, 2.75) is 19.9 Å². The highest BCUT2D eigenvalue weighted by Crippen LogP contribution is 2.41. The number of carbonyl (C=O) groups is 1. The van der Waals surface area contributed by atoms with Gasteiger partial charge in [0, 0.05) is 4.47 Å². The molecule has 6 nitrogen and oxygen atoms in total. The van der Waals surface area contributed by atoms with E-state index in [4.69, 9.17) is 14.4 Å². The zero-order chi connectivity index (χ0) is 18.8. The van der Waals surface area contributed by atoms with Crippen molar-refractivity contribution in [2.75, 3.05) is 19.3 Å². The van der Waals surface area contributed by atoms with E-state index in [0.717, 1.165) is 21.3 Å². The maximum Gasteiger partial charge on any atom is 0.360 e. The summed E-state index contributed by atoms with van der Waals surface area (Å²) in [5.74, 6) is -0.0233. The average Bonchev–Trinajstić information content (AvgIpc) is 2.64. The highest BCUT2D eigenvalue weighted by molar-refractivity contribution is 9.10. The van der Waals surface area contributed by atoms with Gasteiger partial charge in [0.05, 0.1) is 24.4 Å². The molecule has 0 N–H and O–H groups in total. The molecule has 1 atom stereocenters. The first-order valence-corrected chi connectivity index (χ1v) is 8.82. The highest BCUT2D eigenvalue weighted by atomic mass is 79.9. The molecule has 0 aliphatic carbocycles. The predicted molar refractivity (Wildman–Crippen MR) is 102 cm³/mol. The van der Waals surface area contributed by atoms with Crippen LogP contribution in [0.3, 0.4) is 0 Å². The van der Waals surface area contributed by atoms with Crippen molar-refractivity contribution in [1.29, 1.82) is 0 Å². The molecule has 2 heterocycles. The van der Waals surface area contributed by atoms with Crippen LogP contribution in [0.15, 0.2) is 46.0 Å². The Morgan fingerprint density at radius 1 is 1.27 bits per heavy atom. The molecule has 4 rings (SSSR count). The molecule has 1 unspecified atom stereocenters. The lowest BCUT2D eigenvalue weighted by molar-refractivity contribution is -0.132. The van der Waals surface area contributed by atoms with Crippen molar-refractivity contribution in [2.24, 2.45) is 5.16 Å². The van der Waals surface area contributed by atoms with Crippen LogP contribution in [0.25, 0.3) is 0 Å². The fourth-order valence-corrected chi connectivity index (χ4v) is 3.34. The van der Waals surface area contributed by atoms with E-state index in [0.29, 0.717) is 11.3 Å². The Hall–Kier alpha value is -2.54. The number of hydrogen-bond donors (Lipinski definition) is 0. The van der Waals surface area contributed by atoms with Gasteiger partial charge in [0.1, 0.15) is 7.11 Å². The van der Waals surface area contributed by atoms with E-state index in [-0.39, 0.29) is 11.8 Å². The third kappa shape index (κ3) is 3.26. The minimum Gasteiger partial charge on any atom is -0.464 e. The Morgan fingerprint density at radius 2 is 2.04 bits per heavy atom. The van der Waals surface area contributed by atoms with Gasteiger partial charge in [0.25, 0.3) is 0 Å². The van der Waals surface area contributed by atoms with E-state index < -0.39 is 5.97 Å². The largest absolute Gasteiger partial charge is 0.464 e. The van der Waals surface area contributed by atoms with Crippen molar-refractivity contribution >= 4 is 33.3 Å². The van der Waals surface area contributed by atoms with Gasteiger partial charge >= 0.3 is 5.97 Å². The zero-order valence-electron chi connectivity index (χ0n) is 14.9. The number of aryl methyl sites for hydroxylation is 1. The van der Waals surface area contributed by atoms with Gasteiger partial charge in [-0.05, 0) is 49.2 Å². The number of hydroxylamine groups is 1. The van der Waals surface area contributed by atoms with E-state index >= 15 is 0 Å². The van der Waals surface area contributed by atoms with Crippen molar-refractivity contribution in [1.82, 2.24) is 0 Å². The Bertz CT molecular complexity index is 882. The summed E-state index contributed by atoms with van der Waals surface area (Å²) in [6, 6.07) is 11.9. The van der Waals surface area contributed by atoms with Crippen LogP contribution in [0.1, 0.15) is 29.7 Å². The van der Waals surface area contributed by atoms with Crippen LogP contribution in [0.2, 0.25) is 0 Å². The third-order valence-electron chi connectivity index (χ3n) is 4.20. The van der Waals surface area contributed by atoms with E-state index in [1.165, 1.54) is 14.2 Å². The molecule has 0 saturated heterocycles. The lowest BCUT2D eigenvalue weighted by Gasteiger charge is -2.36. The van der Waals surface area contributed by atoms with Crippen LogP contribution >= 0.6 is 15.9 Å². The second-order valence-corrected chi connectivity index (χ2v) is 6.82. The topological polar surface area (TPSA) is 60.4 Å². The smallest absolute Gasteiger partial charge is 0.360 e. The van der Waals surface area contributed by atoms with E-state index in [2.05, 4.69) is 34.1 Å². The SMILES string of the molecule is CON=C(C(=O)OC)c1cc2cc(C)c1ON2C(C)c1cccc(Br)c1. The predicted octanol–water partition coefficient (Wildman–Crippen LogP) is 4.16. The standard InChI is InChI=1S/C19H19BrN2O4/c1-11-8-15-10-16(17(21-25-4)19(23)24-3)18(11)26-22(15)12(2)13-6-5-7-14(20)9-13/h5-10,12H,1-4H3. The molecule has 0 spiro atoms. The van der Waals surface area contributed by atoms with Gasteiger partial charge < -0.3 is 14.4 Å². The second kappa shape index (κ2) is 7.37. The first kappa shape index (κ1) is 18.3. The summed E-state index contributed by atoms with van der Waals surface area (Å²) in [6.45, 7) is 3.97. The highest BCUT2D eigenvalue weighted by Gasteiger charge is 2.32. The number of esters is 1. The number of anilines is 1. The summed E-state index contributed by atoms with van der Waals surface area (Å²) < 4.78 is 5.82. The molecule has 26 heavy (non-hydrogen) atoms. The summed E-state index contributed by atoms with van der Waals surface area (Å²) in [4.78, 5) is 23.0. The fraction of sp³-hybridized carbons (Fsp3) is 0.263. The Labute approximate surface area is 160 Å². The van der Waals surface area contributed by atoms with Gasteiger partial charge in [-0.3, -0.25) is 0 Å². The summed E-state index contributed by atoms with van der Waals surface area (Å²) in [6.07, 6.45) is 0. The molecule has 0 amide bonds. The molecule has 0 fully saturated rings. The number of fused-ring (bicyclic) bond motifs is 3. The van der Waals surface area contributed by atoms with Crippen LogP contribution in [0, 0.1) is 6.92 Å². The van der Waals surface area contributed by atoms with E-state index in [9.17, 15) is 4.79 Å². The number of methoxy groups -OCH3 is 1. The lowest BCUT2D eigenvalue weighted by atomic mass is 10.0. The third-order valence-corrected chi connectivity index (χ3v) is 4.70. The number of benzene rings is 2. The number of oxime groups is 1. The van der Waals surface area contributed by atoms with Crippen LogP contribution < -0.4 is 9.90 Å². The van der Waals surface area contributed by atoms with Gasteiger partial charge in [0.15, 0.2) is 11.5 Å². The monoisotopic (exact) mass is 418 g/mol. The second-order valence-electron chi connectivity index (χ2n) is 5.90. The van der Waals surface area contributed by atoms with Gasteiger partial charge in [-0.15, -0.1) is 0 Å². The number of ether oxygens (including phenoxy) is 1. The summed E-state index contributed by atoms with van der Waals surface area (Å²) >= 11 is 3.50. The minimum atomic E-state index is -0.582. The van der Waals surface area contributed by atoms with Crippen LogP contribution in [-0.2, 0) is 14.4 Å². The van der Waals surface area contributed by atoms with Gasteiger partial charge in [-0.1, -0.05) is 33.2 Å². The summed E-state index contributed by atoms with van der Waals surface area (Å²) in [7, 11) is 2.69. The number of halogens is 1. The Morgan fingerprint density at radius 3 is 2.65 bits per heavy atom. The van der Waals surface area contributed by atoms with Crippen LogP contribution in [0.5, 0.6) is 5.75 Å². The Balaban J connectivity index is 2.01. The quantitative estimate of drug-likeness (QED) is 0.414. The molecule has 0 aromatic heterocycles. The summed E-state index contributed by atoms with van der Waals surface area (Å²) in [5.41, 5.74) is 3.45. The molecule has 136 valence electrons. The van der Waals surface area contributed by atoms with Crippen molar-refractivity contribution < 1.29 is 19.2 Å². The first-order valence-electron chi connectivity index (χ1n) is 8.03. The molecule has 2 aromatic rings. The summed E-state index contributed by atoms with van der Waals surface area (Å²) in [5, 5.41) is 5.63. The molecule has 7 heteroatoms. The molecular weight excluding hydrogens is 400 g/mol. The van der Waals surface area contributed by atoms with Gasteiger partial charge in [-0.25, -0.2) is 9.86 Å². The maximum atomic E-state index is 12.1. The van der Waals surface area contributed by atoms with Crippen LogP contribution in [-0.4, -0.2) is 25.9 Å².